The molecule has 0 fully saturated rings. The first-order valence-corrected chi connectivity index (χ1v) is 4.58. The van der Waals surface area contributed by atoms with Crippen molar-refractivity contribution in [2.24, 2.45) is 0 Å². The zero-order chi connectivity index (χ0) is 8.74. The minimum Gasteiger partial charge on any atom is -0.430 e. The lowest BCUT2D eigenvalue weighted by molar-refractivity contribution is 0.284. The van der Waals surface area contributed by atoms with Crippen molar-refractivity contribution in [3.05, 3.63) is 37.9 Å². The van der Waals surface area contributed by atoms with Gasteiger partial charge in [0.25, 0.3) is 0 Å². The molecule has 4 heteroatoms. The molecule has 0 aromatic rings. The molecule has 1 atom stereocenters. The molecule has 0 heterocycles. The Balaban J connectivity index is 4.09. The van der Waals surface area contributed by atoms with Crippen molar-refractivity contribution < 1.29 is 13.6 Å². The molecule has 0 aromatic heterocycles. The zero-order valence-electron chi connectivity index (χ0n) is 6.23. The minimum atomic E-state index is -3.14. The molecule has 0 spiro atoms. The number of hydrogen-bond donors (Lipinski definition) is 0. The Morgan fingerprint density at radius 2 is 2.00 bits per heavy atom. The Bertz CT molecular complexity index is 198. The van der Waals surface area contributed by atoms with E-state index in [1.54, 1.807) is 0 Å². The first-order valence-electron chi connectivity index (χ1n) is 2.96. The van der Waals surface area contributed by atoms with E-state index in [9.17, 15) is 4.57 Å². The van der Waals surface area contributed by atoms with E-state index >= 15 is 0 Å². The van der Waals surface area contributed by atoms with Gasteiger partial charge in [-0.05, 0) is 0 Å². The van der Waals surface area contributed by atoms with Gasteiger partial charge in [0, 0.05) is 5.82 Å². The van der Waals surface area contributed by atoms with E-state index in [0.29, 0.717) is 0 Å². The van der Waals surface area contributed by atoms with Gasteiger partial charge in [0.1, 0.15) is 0 Å². The molecule has 0 radical (unpaired) electrons. The third kappa shape index (κ3) is 3.81. The molecule has 0 aliphatic carbocycles. The molecule has 0 amide bonds. The van der Waals surface area contributed by atoms with Gasteiger partial charge < -0.3 is 4.52 Å². The largest absolute Gasteiger partial charge is 0.430 e. The fraction of sp³-hybridized carbons (Fsp3) is 0.143. The summed E-state index contributed by atoms with van der Waals surface area (Å²) in [7, 11) is -3.14. The van der Waals surface area contributed by atoms with Gasteiger partial charge in [0.15, 0.2) is 0 Å². The van der Waals surface area contributed by atoms with Crippen LogP contribution >= 0.6 is 7.60 Å². The summed E-state index contributed by atoms with van der Waals surface area (Å²) in [5.74, 6) is 1.12. The lowest BCUT2D eigenvalue weighted by Crippen LogP contribution is -1.88. The van der Waals surface area contributed by atoms with E-state index in [1.807, 2.05) is 0 Å². The highest BCUT2D eigenvalue weighted by molar-refractivity contribution is 7.57. The summed E-state index contributed by atoms with van der Waals surface area (Å²) in [6, 6.07) is 0. The molecule has 0 saturated carbocycles. The molecule has 0 rings (SSSR count). The van der Waals surface area contributed by atoms with Gasteiger partial charge in [-0.1, -0.05) is 19.2 Å². The number of rotatable bonds is 6. The Morgan fingerprint density at radius 3 is 2.36 bits per heavy atom. The second-order valence-electron chi connectivity index (χ2n) is 1.58. The molecule has 0 aliphatic rings. The zero-order valence-corrected chi connectivity index (χ0v) is 7.13. The third-order valence-corrected chi connectivity index (χ3v) is 2.22. The van der Waals surface area contributed by atoms with Crippen molar-refractivity contribution >= 4 is 7.60 Å². The quantitative estimate of drug-likeness (QED) is 0.353. The predicted molar refractivity (Wildman–Crippen MR) is 45.2 cm³/mol. The van der Waals surface area contributed by atoms with Crippen molar-refractivity contribution in [2.75, 3.05) is 6.61 Å². The van der Waals surface area contributed by atoms with E-state index in [1.165, 1.54) is 6.08 Å². The van der Waals surface area contributed by atoms with Gasteiger partial charge in [0.2, 0.25) is 0 Å². The molecule has 3 nitrogen and oxygen atoms in total. The van der Waals surface area contributed by atoms with Crippen molar-refractivity contribution in [1.29, 1.82) is 0 Å². The normalized spacial score (nSPS) is 14.5. The maximum atomic E-state index is 11.3. The van der Waals surface area contributed by atoms with E-state index < -0.39 is 7.60 Å². The van der Waals surface area contributed by atoms with Crippen LogP contribution in [0.4, 0.5) is 0 Å². The standard InChI is InChI=1S/C7H11O3P/c1-4-7-10-11(8,6-3)9-5-2/h4-6H,1-3,7H2. The molecule has 0 aliphatic heterocycles. The van der Waals surface area contributed by atoms with Crippen LogP contribution in [0.3, 0.4) is 0 Å². The second kappa shape index (κ2) is 4.94. The molecule has 1 unspecified atom stereocenters. The van der Waals surface area contributed by atoms with Gasteiger partial charge in [-0.15, -0.1) is 6.58 Å². The predicted octanol–water partition coefficient (Wildman–Crippen LogP) is 2.69. The SMILES string of the molecule is C=CCOP(=O)(C=C)OC=C. The van der Waals surface area contributed by atoms with Gasteiger partial charge >= 0.3 is 7.60 Å². The lowest BCUT2D eigenvalue weighted by Gasteiger charge is -2.10. The van der Waals surface area contributed by atoms with Crippen LogP contribution in [0.25, 0.3) is 0 Å². The summed E-state index contributed by atoms with van der Waals surface area (Å²) < 4.78 is 20.7. The van der Waals surface area contributed by atoms with Crippen molar-refractivity contribution in [3.63, 3.8) is 0 Å². The Hall–Kier alpha value is -0.790. The fourth-order valence-electron chi connectivity index (χ4n) is 0.387. The molecule has 0 N–H and O–H groups in total. The average molecular weight is 174 g/mol. The molecule has 0 aromatic carbocycles. The highest BCUT2D eigenvalue weighted by Crippen LogP contribution is 2.49. The summed E-state index contributed by atoms with van der Waals surface area (Å²) >= 11 is 0. The van der Waals surface area contributed by atoms with Crippen molar-refractivity contribution in [3.8, 4) is 0 Å². The Kier molecular flexibility index (Phi) is 4.59. The van der Waals surface area contributed by atoms with Crippen LogP contribution in [0, 0.1) is 0 Å². The molecule has 62 valence electrons. The summed E-state index contributed by atoms with van der Waals surface area (Å²) in [5.41, 5.74) is 0. The fourth-order valence-corrected chi connectivity index (χ4v) is 1.16. The van der Waals surface area contributed by atoms with Gasteiger partial charge in [-0.25, -0.2) is 4.57 Å². The summed E-state index contributed by atoms with van der Waals surface area (Å²) in [6.45, 7) is 10.1. The summed E-state index contributed by atoms with van der Waals surface area (Å²) in [6.07, 6.45) is 2.54. The molecule has 11 heavy (non-hydrogen) atoms. The first-order chi connectivity index (χ1) is 5.18. The second-order valence-corrected chi connectivity index (χ2v) is 3.49. The first kappa shape index (κ1) is 10.2. The van der Waals surface area contributed by atoms with E-state index in [-0.39, 0.29) is 6.61 Å². The van der Waals surface area contributed by atoms with Crippen LogP contribution in [0.5, 0.6) is 0 Å². The minimum absolute atomic E-state index is 0.164. The summed E-state index contributed by atoms with van der Waals surface area (Å²) in [5, 5.41) is 0. The van der Waals surface area contributed by atoms with Crippen LogP contribution in [0.15, 0.2) is 37.9 Å². The maximum Gasteiger partial charge on any atom is 0.402 e. The van der Waals surface area contributed by atoms with Crippen LogP contribution in [0.2, 0.25) is 0 Å². The Morgan fingerprint density at radius 1 is 1.36 bits per heavy atom. The van der Waals surface area contributed by atoms with E-state index in [2.05, 4.69) is 24.3 Å². The maximum absolute atomic E-state index is 11.3. The highest BCUT2D eigenvalue weighted by Gasteiger charge is 2.17. The monoisotopic (exact) mass is 174 g/mol. The summed E-state index contributed by atoms with van der Waals surface area (Å²) in [4.78, 5) is 0. The van der Waals surface area contributed by atoms with Crippen LogP contribution in [0.1, 0.15) is 0 Å². The van der Waals surface area contributed by atoms with Crippen LogP contribution in [-0.4, -0.2) is 6.61 Å². The molecular formula is C7H11O3P. The van der Waals surface area contributed by atoms with E-state index in [4.69, 9.17) is 4.52 Å². The number of hydrogen-bond acceptors (Lipinski definition) is 3. The molecule has 0 saturated heterocycles. The van der Waals surface area contributed by atoms with E-state index in [0.717, 1.165) is 12.1 Å². The topological polar surface area (TPSA) is 35.5 Å². The lowest BCUT2D eigenvalue weighted by atomic mass is 10.7. The molecule has 0 bridgehead atoms. The van der Waals surface area contributed by atoms with Crippen molar-refractivity contribution in [2.45, 2.75) is 0 Å². The van der Waals surface area contributed by atoms with Gasteiger partial charge in [-0.3, -0.25) is 4.52 Å². The van der Waals surface area contributed by atoms with Crippen LogP contribution < -0.4 is 0 Å². The average Bonchev–Trinajstić information content (AvgIpc) is 2.02. The van der Waals surface area contributed by atoms with Crippen LogP contribution in [-0.2, 0) is 13.6 Å². The highest BCUT2D eigenvalue weighted by atomic mass is 31.2. The van der Waals surface area contributed by atoms with Crippen molar-refractivity contribution in [1.82, 2.24) is 0 Å². The molecular weight excluding hydrogens is 163 g/mol. The van der Waals surface area contributed by atoms with Gasteiger partial charge in [-0.2, -0.15) is 0 Å². The van der Waals surface area contributed by atoms with Gasteiger partial charge in [0.05, 0.1) is 12.9 Å². The Labute approximate surface area is 66.6 Å². The smallest absolute Gasteiger partial charge is 0.402 e. The third-order valence-electron chi connectivity index (χ3n) is 0.817.